The normalized spacial score (nSPS) is 12.0. The number of hydrogen-bond acceptors (Lipinski definition) is 2. The van der Waals surface area contributed by atoms with Crippen LogP contribution in [0.25, 0.3) is 0 Å². The fourth-order valence-electron chi connectivity index (χ4n) is 1.44. The van der Waals surface area contributed by atoms with E-state index in [1.165, 1.54) is 0 Å². The minimum atomic E-state index is -0.622. The minimum Gasteiger partial charge on any atom is -0.324 e. The molecule has 0 radical (unpaired) electrons. The number of benzene rings is 1. The van der Waals surface area contributed by atoms with Crippen molar-refractivity contribution in [1.82, 2.24) is 0 Å². The van der Waals surface area contributed by atoms with Gasteiger partial charge in [-0.1, -0.05) is 19.9 Å². The fraction of sp³-hybridized carbons (Fsp3) is 0.385. The maximum atomic E-state index is 11.9. The van der Waals surface area contributed by atoms with Crippen LogP contribution in [0.4, 0.5) is 5.69 Å². The molecule has 90 valence electrons. The maximum Gasteiger partial charge on any atom is 0.242 e. The molecule has 1 unspecified atom stereocenters. The second-order valence-corrected chi connectivity index (χ2v) is 5.18. The van der Waals surface area contributed by atoms with Crippen LogP contribution in [0.1, 0.15) is 19.4 Å². The third kappa shape index (κ3) is 3.57. The molecule has 1 atom stereocenters. The Balaban J connectivity index is 2.85. The average Bonchev–Trinajstić information content (AvgIpc) is 2.22. The molecule has 1 aromatic carbocycles. The molecule has 1 rings (SSSR count). The van der Waals surface area contributed by atoms with E-state index in [0.717, 1.165) is 10.0 Å². The summed E-state index contributed by atoms with van der Waals surface area (Å²) in [6, 6.07) is 7.69. The molecule has 0 heterocycles. The van der Waals surface area contributed by atoms with Crippen LogP contribution in [0.3, 0.4) is 0 Å². The van der Waals surface area contributed by atoms with Crippen LogP contribution >= 0.6 is 15.9 Å². The molecule has 1 amide bonds. The molecule has 0 aliphatic heterocycles. The topological polar surface area (TPSA) is 52.9 Å². The summed E-state index contributed by atoms with van der Waals surface area (Å²) >= 11 is 3.39. The third-order valence-electron chi connectivity index (χ3n) is 2.47. The number of aryl methyl sites for hydroxylation is 1. The predicted octanol–water partition coefficient (Wildman–Crippen LogP) is 3.49. The van der Waals surface area contributed by atoms with E-state index in [0.29, 0.717) is 5.69 Å². The van der Waals surface area contributed by atoms with Crippen LogP contribution in [0.2, 0.25) is 0 Å². The number of nitrogens with one attached hydrogen (secondary N) is 1. The Labute approximate surface area is 110 Å². The van der Waals surface area contributed by atoms with E-state index in [4.69, 9.17) is 5.26 Å². The average molecular weight is 295 g/mol. The standard InChI is InChI=1S/C13H15BrN2O/c1-8(2)10(7-15)13(17)16-12-5-4-9(3)6-11(12)14/h4-6,8,10H,1-3H3,(H,16,17). The first-order chi connectivity index (χ1) is 7.95. The van der Waals surface area contributed by atoms with Gasteiger partial charge < -0.3 is 5.32 Å². The van der Waals surface area contributed by atoms with E-state index >= 15 is 0 Å². The lowest BCUT2D eigenvalue weighted by atomic mass is 9.96. The summed E-state index contributed by atoms with van der Waals surface area (Å²) in [4.78, 5) is 11.9. The quantitative estimate of drug-likeness (QED) is 0.928. The molecule has 0 fully saturated rings. The Morgan fingerprint density at radius 2 is 2.12 bits per heavy atom. The molecule has 0 bridgehead atoms. The van der Waals surface area contributed by atoms with Crippen molar-refractivity contribution < 1.29 is 4.79 Å². The van der Waals surface area contributed by atoms with Gasteiger partial charge in [0.1, 0.15) is 5.92 Å². The number of amides is 1. The van der Waals surface area contributed by atoms with Crippen molar-refractivity contribution in [3.63, 3.8) is 0 Å². The summed E-state index contributed by atoms with van der Waals surface area (Å²) < 4.78 is 0.825. The lowest BCUT2D eigenvalue weighted by Crippen LogP contribution is -2.25. The number of halogens is 1. The number of carbonyl (C=O) groups excluding carboxylic acids is 1. The van der Waals surface area contributed by atoms with Crippen LogP contribution in [-0.4, -0.2) is 5.91 Å². The monoisotopic (exact) mass is 294 g/mol. The minimum absolute atomic E-state index is 0.00391. The van der Waals surface area contributed by atoms with Crippen LogP contribution in [-0.2, 0) is 4.79 Å². The molecule has 0 aromatic heterocycles. The summed E-state index contributed by atoms with van der Waals surface area (Å²) in [7, 11) is 0. The Morgan fingerprint density at radius 1 is 1.47 bits per heavy atom. The van der Waals surface area contributed by atoms with Crippen molar-refractivity contribution in [1.29, 1.82) is 5.26 Å². The second kappa shape index (κ2) is 5.83. The van der Waals surface area contributed by atoms with E-state index in [2.05, 4.69) is 21.2 Å². The summed E-state index contributed by atoms with van der Waals surface area (Å²) in [5, 5.41) is 11.7. The number of hydrogen-bond donors (Lipinski definition) is 1. The lowest BCUT2D eigenvalue weighted by molar-refractivity contribution is -0.119. The first kappa shape index (κ1) is 13.7. The zero-order chi connectivity index (χ0) is 13.0. The van der Waals surface area contributed by atoms with Crippen molar-refractivity contribution in [2.24, 2.45) is 11.8 Å². The van der Waals surface area contributed by atoms with Crippen molar-refractivity contribution in [3.05, 3.63) is 28.2 Å². The van der Waals surface area contributed by atoms with Gasteiger partial charge in [-0.3, -0.25) is 4.79 Å². The number of nitriles is 1. The van der Waals surface area contributed by atoms with Gasteiger partial charge in [-0.2, -0.15) is 5.26 Å². The van der Waals surface area contributed by atoms with Crippen molar-refractivity contribution in [3.8, 4) is 6.07 Å². The van der Waals surface area contributed by atoms with Gasteiger partial charge in [0.15, 0.2) is 0 Å². The van der Waals surface area contributed by atoms with Gasteiger partial charge in [0.25, 0.3) is 0 Å². The molecule has 0 spiro atoms. The third-order valence-corrected chi connectivity index (χ3v) is 3.13. The first-order valence-corrected chi connectivity index (χ1v) is 6.21. The highest BCUT2D eigenvalue weighted by Gasteiger charge is 2.22. The Hall–Kier alpha value is -1.34. The van der Waals surface area contributed by atoms with E-state index in [1.54, 1.807) is 0 Å². The van der Waals surface area contributed by atoms with Crippen molar-refractivity contribution in [2.75, 3.05) is 5.32 Å². The lowest BCUT2D eigenvalue weighted by Gasteiger charge is -2.14. The highest BCUT2D eigenvalue weighted by Crippen LogP contribution is 2.24. The first-order valence-electron chi connectivity index (χ1n) is 5.42. The molecule has 0 saturated carbocycles. The maximum absolute atomic E-state index is 11.9. The molecule has 1 N–H and O–H groups in total. The summed E-state index contributed by atoms with van der Waals surface area (Å²) in [6.45, 7) is 5.69. The zero-order valence-corrected chi connectivity index (χ0v) is 11.7. The number of nitrogens with zero attached hydrogens (tertiary/aromatic N) is 1. The summed E-state index contributed by atoms with van der Waals surface area (Å²) in [6.07, 6.45) is 0. The second-order valence-electron chi connectivity index (χ2n) is 4.32. The molecule has 3 nitrogen and oxygen atoms in total. The predicted molar refractivity (Wildman–Crippen MR) is 71.4 cm³/mol. The van der Waals surface area contributed by atoms with E-state index in [9.17, 15) is 4.79 Å². The van der Waals surface area contributed by atoms with Gasteiger partial charge in [-0.25, -0.2) is 0 Å². The highest BCUT2D eigenvalue weighted by atomic mass is 79.9. The molecule has 0 aliphatic rings. The fourth-order valence-corrected chi connectivity index (χ4v) is 2.03. The van der Waals surface area contributed by atoms with Gasteiger partial charge in [-0.05, 0) is 46.5 Å². The summed E-state index contributed by atoms with van der Waals surface area (Å²) in [5.74, 6) is -0.875. The van der Waals surface area contributed by atoms with Crippen LogP contribution in [0.15, 0.2) is 22.7 Å². The van der Waals surface area contributed by atoms with Gasteiger partial charge >= 0.3 is 0 Å². The van der Waals surface area contributed by atoms with E-state index < -0.39 is 5.92 Å². The molecule has 1 aromatic rings. The van der Waals surface area contributed by atoms with Gasteiger partial charge in [-0.15, -0.1) is 0 Å². The van der Waals surface area contributed by atoms with Gasteiger partial charge in [0, 0.05) is 4.47 Å². The van der Waals surface area contributed by atoms with Crippen molar-refractivity contribution >= 4 is 27.5 Å². The van der Waals surface area contributed by atoms with Crippen molar-refractivity contribution in [2.45, 2.75) is 20.8 Å². The number of anilines is 1. The Bertz CT molecular complexity index is 463. The highest BCUT2D eigenvalue weighted by molar-refractivity contribution is 9.10. The Morgan fingerprint density at radius 3 is 2.59 bits per heavy atom. The van der Waals surface area contributed by atoms with Gasteiger partial charge in [0.2, 0.25) is 5.91 Å². The van der Waals surface area contributed by atoms with E-state index in [1.807, 2.05) is 45.0 Å². The number of rotatable bonds is 3. The summed E-state index contributed by atoms with van der Waals surface area (Å²) in [5.41, 5.74) is 1.80. The van der Waals surface area contributed by atoms with E-state index in [-0.39, 0.29) is 11.8 Å². The molecule has 4 heteroatoms. The Kier molecular flexibility index (Phi) is 4.71. The largest absolute Gasteiger partial charge is 0.324 e. The molecular formula is C13H15BrN2O. The SMILES string of the molecule is Cc1ccc(NC(=O)C(C#N)C(C)C)c(Br)c1. The van der Waals surface area contributed by atoms with Crippen LogP contribution in [0, 0.1) is 30.1 Å². The zero-order valence-electron chi connectivity index (χ0n) is 10.1. The molecular weight excluding hydrogens is 280 g/mol. The van der Waals surface area contributed by atoms with Crippen LogP contribution < -0.4 is 5.32 Å². The van der Waals surface area contributed by atoms with Crippen LogP contribution in [0.5, 0.6) is 0 Å². The van der Waals surface area contributed by atoms with Gasteiger partial charge in [0.05, 0.1) is 11.8 Å². The smallest absolute Gasteiger partial charge is 0.242 e. The molecule has 0 aliphatic carbocycles. The molecule has 17 heavy (non-hydrogen) atoms. The molecule has 0 saturated heterocycles. The number of carbonyl (C=O) groups is 1.